The first-order chi connectivity index (χ1) is 8.56. The van der Waals surface area contributed by atoms with Crippen molar-refractivity contribution in [2.45, 2.75) is 11.0 Å². The maximum atomic E-state index is 12.3. The second-order valence-corrected chi connectivity index (χ2v) is 6.33. The zero-order valence-electron chi connectivity index (χ0n) is 10.3. The van der Waals surface area contributed by atoms with Crippen molar-refractivity contribution in [2.24, 2.45) is 0 Å². The van der Waals surface area contributed by atoms with Gasteiger partial charge in [0.05, 0.1) is 39.2 Å². The SMILES string of the molecule is CN1CCOC(CS(=O)c2cc(N)ccc2Cl)C1. The molecule has 100 valence electrons. The third-order valence-corrected chi connectivity index (χ3v) is 4.82. The first kappa shape index (κ1) is 13.8. The monoisotopic (exact) mass is 288 g/mol. The molecule has 2 atom stereocenters. The normalized spacial score (nSPS) is 22.9. The molecule has 2 rings (SSSR count). The zero-order valence-corrected chi connectivity index (χ0v) is 11.8. The molecule has 18 heavy (non-hydrogen) atoms. The van der Waals surface area contributed by atoms with E-state index in [1.807, 2.05) is 7.05 Å². The molecule has 6 heteroatoms. The Balaban J connectivity index is 2.05. The largest absolute Gasteiger partial charge is 0.399 e. The van der Waals surface area contributed by atoms with Gasteiger partial charge < -0.3 is 15.4 Å². The van der Waals surface area contributed by atoms with Crippen LogP contribution in [0.2, 0.25) is 5.02 Å². The van der Waals surface area contributed by atoms with Crippen LogP contribution in [0.3, 0.4) is 0 Å². The lowest BCUT2D eigenvalue weighted by Gasteiger charge is -2.29. The maximum absolute atomic E-state index is 12.3. The van der Waals surface area contributed by atoms with Crippen LogP contribution in [0.15, 0.2) is 23.1 Å². The van der Waals surface area contributed by atoms with Crippen LogP contribution in [0.4, 0.5) is 5.69 Å². The minimum Gasteiger partial charge on any atom is -0.399 e. The second kappa shape index (κ2) is 6.02. The molecule has 0 saturated carbocycles. The van der Waals surface area contributed by atoms with Gasteiger partial charge in [0, 0.05) is 18.8 Å². The highest BCUT2D eigenvalue weighted by Gasteiger charge is 2.21. The Hall–Kier alpha value is -0.620. The van der Waals surface area contributed by atoms with E-state index in [1.54, 1.807) is 18.2 Å². The van der Waals surface area contributed by atoms with Crippen molar-refractivity contribution in [3.05, 3.63) is 23.2 Å². The molecule has 0 radical (unpaired) electrons. The number of halogens is 1. The van der Waals surface area contributed by atoms with Gasteiger partial charge in [-0.1, -0.05) is 11.6 Å². The Bertz CT molecular complexity index is 456. The number of hydrogen-bond donors (Lipinski definition) is 1. The van der Waals surface area contributed by atoms with Crippen molar-refractivity contribution >= 4 is 28.1 Å². The van der Waals surface area contributed by atoms with Crippen LogP contribution in [0.25, 0.3) is 0 Å². The van der Waals surface area contributed by atoms with E-state index in [-0.39, 0.29) is 6.10 Å². The number of anilines is 1. The Morgan fingerprint density at radius 2 is 2.39 bits per heavy atom. The third-order valence-electron chi connectivity index (χ3n) is 2.88. The summed E-state index contributed by atoms with van der Waals surface area (Å²) in [5.74, 6) is 0.452. The summed E-state index contributed by atoms with van der Waals surface area (Å²) in [4.78, 5) is 2.76. The van der Waals surface area contributed by atoms with Gasteiger partial charge in [-0.15, -0.1) is 0 Å². The fraction of sp³-hybridized carbons (Fsp3) is 0.500. The average molecular weight is 289 g/mol. The Kier molecular flexibility index (Phi) is 4.61. The minimum absolute atomic E-state index is 0.0120. The van der Waals surface area contributed by atoms with Gasteiger partial charge in [0.1, 0.15) is 0 Å². The number of benzene rings is 1. The van der Waals surface area contributed by atoms with Crippen molar-refractivity contribution in [1.82, 2.24) is 4.90 Å². The average Bonchev–Trinajstić information content (AvgIpc) is 2.32. The topological polar surface area (TPSA) is 55.6 Å². The van der Waals surface area contributed by atoms with E-state index in [0.29, 0.717) is 28.0 Å². The fourth-order valence-electron chi connectivity index (χ4n) is 1.92. The highest BCUT2D eigenvalue weighted by atomic mass is 35.5. The van der Waals surface area contributed by atoms with Gasteiger partial charge >= 0.3 is 0 Å². The van der Waals surface area contributed by atoms with Crippen LogP contribution in [-0.4, -0.2) is 47.7 Å². The quantitative estimate of drug-likeness (QED) is 0.854. The number of morpholine rings is 1. The van der Waals surface area contributed by atoms with Gasteiger partial charge in [-0.05, 0) is 25.2 Å². The van der Waals surface area contributed by atoms with Crippen LogP contribution < -0.4 is 5.73 Å². The van der Waals surface area contributed by atoms with Crippen LogP contribution >= 0.6 is 11.6 Å². The lowest BCUT2D eigenvalue weighted by atomic mass is 10.3. The smallest absolute Gasteiger partial charge is 0.0821 e. The molecule has 1 saturated heterocycles. The molecule has 1 aromatic rings. The summed E-state index contributed by atoms with van der Waals surface area (Å²) in [7, 11) is 0.852. The predicted octanol–water partition coefficient (Wildman–Crippen LogP) is 1.36. The van der Waals surface area contributed by atoms with E-state index in [0.717, 1.165) is 13.1 Å². The number of nitrogens with zero attached hydrogens (tertiary/aromatic N) is 1. The summed E-state index contributed by atoms with van der Waals surface area (Å²) >= 11 is 6.04. The predicted molar refractivity (Wildman–Crippen MR) is 74.4 cm³/mol. The van der Waals surface area contributed by atoms with Crippen LogP contribution in [0.5, 0.6) is 0 Å². The highest BCUT2D eigenvalue weighted by molar-refractivity contribution is 7.85. The van der Waals surface area contributed by atoms with Crippen molar-refractivity contribution in [3.8, 4) is 0 Å². The standard InChI is InChI=1S/C12H17ClN2O2S/c1-15-4-5-17-10(7-15)8-18(16)12-6-9(14)2-3-11(12)13/h2-3,6,10H,4-5,7-8,14H2,1H3. The number of likely N-dealkylation sites (N-methyl/N-ethyl adjacent to an activating group) is 1. The molecule has 1 heterocycles. The van der Waals surface area contributed by atoms with E-state index >= 15 is 0 Å². The summed E-state index contributed by atoms with van der Waals surface area (Å²) in [6.45, 7) is 2.40. The summed E-state index contributed by atoms with van der Waals surface area (Å²) < 4.78 is 17.9. The van der Waals surface area contributed by atoms with E-state index in [2.05, 4.69) is 4.90 Å². The van der Waals surface area contributed by atoms with Crippen molar-refractivity contribution in [3.63, 3.8) is 0 Å². The first-order valence-corrected chi connectivity index (χ1v) is 7.49. The van der Waals surface area contributed by atoms with Gasteiger partial charge in [0.15, 0.2) is 0 Å². The maximum Gasteiger partial charge on any atom is 0.0821 e. The summed E-state index contributed by atoms with van der Waals surface area (Å²) in [6, 6.07) is 5.05. The van der Waals surface area contributed by atoms with Crippen LogP contribution in [0, 0.1) is 0 Å². The minimum atomic E-state index is -1.18. The van der Waals surface area contributed by atoms with E-state index in [4.69, 9.17) is 22.1 Å². The molecule has 1 aliphatic heterocycles. The van der Waals surface area contributed by atoms with Crippen molar-refractivity contribution < 1.29 is 8.95 Å². The van der Waals surface area contributed by atoms with Gasteiger partial charge in [-0.2, -0.15) is 0 Å². The molecule has 2 unspecified atom stereocenters. The van der Waals surface area contributed by atoms with E-state index < -0.39 is 10.8 Å². The number of nitrogen functional groups attached to an aromatic ring is 1. The summed E-state index contributed by atoms with van der Waals surface area (Å²) in [5.41, 5.74) is 6.26. The Morgan fingerprint density at radius 1 is 1.61 bits per heavy atom. The number of ether oxygens (including phenoxy) is 1. The molecular weight excluding hydrogens is 272 g/mol. The van der Waals surface area contributed by atoms with Gasteiger partial charge in [0.25, 0.3) is 0 Å². The fourth-order valence-corrected chi connectivity index (χ4v) is 3.57. The molecule has 1 aliphatic rings. The number of rotatable bonds is 3. The molecule has 0 aromatic heterocycles. The Morgan fingerprint density at radius 3 is 3.11 bits per heavy atom. The molecule has 1 aromatic carbocycles. The van der Waals surface area contributed by atoms with Gasteiger partial charge in [0.2, 0.25) is 0 Å². The molecule has 0 amide bonds. The molecule has 0 spiro atoms. The van der Waals surface area contributed by atoms with E-state index in [1.165, 1.54) is 0 Å². The lowest BCUT2D eigenvalue weighted by Crippen LogP contribution is -2.42. The van der Waals surface area contributed by atoms with Gasteiger partial charge in [-0.3, -0.25) is 4.21 Å². The second-order valence-electron chi connectivity index (χ2n) is 4.46. The molecular formula is C12H17ClN2O2S. The lowest BCUT2D eigenvalue weighted by molar-refractivity contribution is -0.00640. The molecule has 1 fully saturated rings. The molecule has 4 nitrogen and oxygen atoms in total. The summed E-state index contributed by atoms with van der Waals surface area (Å²) in [5, 5.41) is 0.492. The van der Waals surface area contributed by atoms with Crippen molar-refractivity contribution in [1.29, 1.82) is 0 Å². The summed E-state index contributed by atoms with van der Waals surface area (Å²) in [6.07, 6.45) is -0.0120. The van der Waals surface area contributed by atoms with E-state index in [9.17, 15) is 4.21 Å². The molecule has 0 aliphatic carbocycles. The number of hydrogen-bond acceptors (Lipinski definition) is 4. The zero-order chi connectivity index (χ0) is 13.1. The molecule has 0 bridgehead atoms. The first-order valence-electron chi connectivity index (χ1n) is 5.80. The van der Waals surface area contributed by atoms with Crippen LogP contribution in [0.1, 0.15) is 0 Å². The van der Waals surface area contributed by atoms with Crippen molar-refractivity contribution in [2.75, 3.05) is 38.2 Å². The Labute approximate surface area is 115 Å². The van der Waals surface area contributed by atoms with Gasteiger partial charge in [-0.25, -0.2) is 0 Å². The molecule has 2 N–H and O–H groups in total. The van der Waals surface area contributed by atoms with Crippen LogP contribution in [-0.2, 0) is 15.5 Å². The highest BCUT2D eigenvalue weighted by Crippen LogP contribution is 2.23. The number of nitrogens with two attached hydrogens (primary N) is 1. The third kappa shape index (κ3) is 3.45.